The maximum atomic E-state index is 5.66. The number of ether oxygens (including phenoxy) is 1. The molecule has 1 N–H and O–H groups in total. The maximum Gasteiger partial charge on any atom is 0.247 e. The molecule has 0 bridgehead atoms. The molecule has 0 aromatic carbocycles. The number of aromatic nitrogens is 2. The van der Waals surface area contributed by atoms with Crippen LogP contribution in [0.4, 0.5) is 0 Å². The van der Waals surface area contributed by atoms with Gasteiger partial charge in [0, 0.05) is 7.11 Å². The van der Waals surface area contributed by atoms with Crippen LogP contribution in [0.15, 0.2) is 4.52 Å². The Hall–Kier alpha value is -0.940. The van der Waals surface area contributed by atoms with E-state index in [0.29, 0.717) is 11.7 Å². The van der Waals surface area contributed by atoms with E-state index >= 15 is 0 Å². The van der Waals surface area contributed by atoms with Crippen LogP contribution in [-0.2, 0) is 15.9 Å². The minimum absolute atomic E-state index is 0.133. The van der Waals surface area contributed by atoms with Crippen LogP contribution >= 0.6 is 0 Å². The van der Waals surface area contributed by atoms with Gasteiger partial charge < -0.3 is 14.6 Å². The Morgan fingerprint density at radius 1 is 1.37 bits per heavy atom. The SMILES string of the molecule is CCC1(c2nc(C(CC)(CC)OC)no2)CCCN1. The van der Waals surface area contributed by atoms with Crippen LogP contribution in [-0.4, -0.2) is 23.8 Å². The van der Waals surface area contributed by atoms with Gasteiger partial charge in [-0.3, -0.25) is 0 Å². The molecule has 0 amide bonds. The van der Waals surface area contributed by atoms with Gasteiger partial charge in [0.25, 0.3) is 0 Å². The monoisotopic (exact) mass is 267 g/mol. The standard InChI is InChI=1S/C14H25N3O2/c1-5-13(9-8-10-15-13)12-16-11(17-19-12)14(6-2,7-3)18-4/h15H,5-10H2,1-4H3. The second kappa shape index (κ2) is 5.59. The highest BCUT2D eigenvalue weighted by Gasteiger charge is 2.41. The summed E-state index contributed by atoms with van der Waals surface area (Å²) in [5.41, 5.74) is -0.554. The zero-order valence-electron chi connectivity index (χ0n) is 12.5. The Morgan fingerprint density at radius 2 is 2.11 bits per heavy atom. The van der Waals surface area contributed by atoms with E-state index < -0.39 is 5.60 Å². The first-order valence-corrected chi connectivity index (χ1v) is 7.31. The number of hydrogen-bond donors (Lipinski definition) is 1. The van der Waals surface area contributed by atoms with Crippen molar-refractivity contribution in [3.05, 3.63) is 11.7 Å². The van der Waals surface area contributed by atoms with Crippen LogP contribution in [0, 0.1) is 0 Å². The minimum atomic E-state index is -0.421. The Morgan fingerprint density at radius 3 is 2.58 bits per heavy atom. The quantitative estimate of drug-likeness (QED) is 0.858. The van der Waals surface area contributed by atoms with E-state index in [-0.39, 0.29) is 5.54 Å². The molecule has 1 atom stereocenters. The second-order valence-electron chi connectivity index (χ2n) is 5.29. The average molecular weight is 267 g/mol. The molecule has 0 radical (unpaired) electrons. The van der Waals surface area contributed by atoms with Crippen molar-refractivity contribution >= 4 is 0 Å². The predicted octanol–water partition coefficient (Wildman–Crippen LogP) is 2.72. The highest BCUT2D eigenvalue weighted by molar-refractivity contribution is 5.09. The molecule has 1 aliphatic heterocycles. The largest absolute Gasteiger partial charge is 0.370 e. The van der Waals surface area contributed by atoms with Gasteiger partial charge in [0.2, 0.25) is 11.7 Å². The van der Waals surface area contributed by atoms with Crippen LogP contribution in [0.5, 0.6) is 0 Å². The Kier molecular flexibility index (Phi) is 4.26. The molecule has 2 rings (SSSR count). The molecular formula is C14H25N3O2. The molecule has 19 heavy (non-hydrogen) atoms. The number of nitrogens with zero attached hydrogens (tertiary/aromatic N) is 2. The van der Waals surface area contributed by atoms with E-state index in [0.717, 1.165) is 38.6 Å². The van der Waals surface area contributed by atoms with E-state index in [1.54, 1.807) is 7.11 Å². The van der Waals surface area contributed by atoms with E-state index in [1.165, 1.54) is 0 Å². The van der Waals surface area contributed by atoms with Crippen molar-refractivity contribution in [2.24, 2.45) is 0 Å². The number of rotatable bonds is 6. The third-order valence-corrected chi connectivity index (χ3v) is 4.62. The highest BCUT2D eigenvalue weighted by Crippen LogP contribution is 2.36. The van der Waals surface area contributed by atoms with Gasteiger partial charge in [-0.1, -0.05) is 25.9 Å². The summed E-state index contributed by atoms with van der Waals surface area (Å²) < 4.78 is 11.2. The van der Waals surface area contributed by atoms with Gasteiger partial charge in [0.1, 0.15) is 5.60 Å². The summed E-state index contributed by atoms with van der Waals surface area (Å²) in [5, 5.41) is 7.71. The third-order valence-electron chi connectivity index (χ3n) is 4.62. The molecule has 1 aromatic heterocycles. The average Bonchev–Trinajstić information content (AvgIpc) is 3.11. The van der Waals surface area contributed by atoms with Crippen molar-refractivity contribution < 1.29 is 9.26 Å². The lowest BCUT2D eigenvalue weighted by molar-refractivity contribution is -0.0306. The van der Waals surface area contributed by atoms with Crippen molar-refractivity contribution in [1.29, 1.82) is 0 Å². The maximum absolute atomic E-state index is 5.66. The predicted molar refractivity (Wildman–Crippen MR) is 72.8 cm³/mol. The first kappa shape index (κ1) is 14.5. The summed E-state index contributed by atoms with van der Waals surface area (Å²) in [6, 6.07) is 0. The van der Waals surface area contributed by atoms with Crippen LogP contribution in [0.2, 0.25) is 0 Å². The lowest BCUT2D eigenvalue weighted by Gasteiger charge is -2.26. The van der Waals surface area contributed by atoms with Crippen molar-refractivity contribution in [1.82, 2.24) is 15.5 Å². The Balaban J connectivity index is 2.32. The lowest BCUT2D eigenvalue weighted by atomic mass is 9.93. The van der Waals surface area contributed by atoms with Gasteiger partial charge >= 0.3 is 0 Å². The van der Waals surface area contributed by atoms with Crippen molar-refractivity contribution in [2.75, 3.05) is 13.7 Å². The fraction of sp³-hybridized carbons (Fsp3) is 0.857. The van der Waals surface area contributed by atoms with Gasteiger partial charge in [0.15, 0.2) is 0 Å². The molecule has 108 valence electrons. The summed E-state index contributed by atoms with van der Waals surface area (Å²) in [6.45, 7) is 7.35. The molecule has 1 saturated heterocycles. The molecule has 5 nitrogen and oxygen atoms in total. The fourth-order valence-corrected chi connectivity index (χ4v) is 2.99. The summed E-state index contributed by atoms with van der Waals surface area (Å²) in [5.74, 6) is 1.39. The second-order valence-corrected chi connectivity index (χ2v) is 5.29. The molecule has 0 saturated carbocycles. The van der Waals surface area contributed by atoms with Gasteiger partial charge in [-0.15, -0.1) is 0 Å². The zero-order chi connectivity index (χ0) is 13.9. The number of hydrogen-bond acceptors (Lipinski definition) is 5. The summed E-state index contributed by atoms with van der Waals surface area (Å²) in [7, 11) is 1.71. The normalized spacial score (nSPS) is 24.0. The smallest absolute Gasteiger partial charge is 0.247 e. The molecule has 1 fully saturated rings. The van der Waals surface area contributed by atoms with Crippen molar-refractivity contribution in [2.45, 2.75) is 64.0 Å². The molecular weight excluding hydrogens is 242 g/mol. The molecule has 1 aromatic rings. The highest BCUT2D eigenvalue weighted by atomic mass is 16.5. The number of nitrogens with one attached hydrogen (secondary N) is 1. The first-order chi connectivity index (χ1) is 9.16. The van der Waals surface area contributed by atoms with Crippen LogP contribution in [0.1, 0.15) is 64.6 Å². The summed E-state index contributed by atoms with van der Waals surface area (Å²) in [6.07, 6.45) is 4.86. The Bertz CT molecular complexity index is 375. The van der Waals surface area contributed by atoms with E-state index in [2.05, 4.69) is 36.2 Å². The van der Waals surface area contributed by atoms with Crippen molar-refractivity contribution in [3.8, 4) is 0 Å². The van der Waals surface area contributed by atoms with Gasteiger partial charge in [-0.2, -0.15) is 4.98 Å². The molecule has 5 heteroatoms. The van der Waals surface area contributed by atoms with Gasteiger partial charge in [-0.25, -0.2) is 0 Å². The molecule has 2 heterocycles. The minimum Gasteiger partial charge on any atom is -0.370 e. The molecule has 0 aliphatic carbocycles. The fourth-order valence-electron chi connectivity index (χ4n) is 2.99. The lowest BCUT2D eigenvalue weighted by Crippen LogP contribution is -2.36. The molecule has 0 spiro atoms. The van der Waals surface area contributed by atoms with Crippen LogP contribution < -0.4 is 5.32 Å². The van der Waals surface area contributed by atoms with E-state index in [4.69, 9.17) is 9.26 Å². The van der Waals surface area contributed by atoms with Crippen molar-refractivity contribution in [3.63, 3.8) is 0 Å². The molecule has 1 aliphatic rings. The van der Waals surface area contributed by atoms with E-state index in [1.807, 2.05) is 0 Å². The van der Waals surface area contributed by atoms with Crippen LogP contribution in [0.25, 0.3) is 0 Å². The van der Waals surface area contributed by atoms with Gasteiger partial charge in [0.05, 0.1) is 5.54 Å². The zero-order valence-corrected chi connectivity index (χ0v) is 12.5. The topological polar surface area (TPSA) is 60.2 Å². The number of methoxy groups -OCH3 is 1. The summed E-state index contributed by atoms with van der Waals surface area (Å²) >= 11 is 0. The van der Waals surface area contributed by atoms with E-state index in [9.17, 15) is 0 Å². The van der Waals surface area contributed by atoms with Crippen LogP contribution in [0.3, 0.4) is 0 Å². The first-order valence-electron chi connectivity index (χ1n) is 7.31. The Labute approximate surface area is 115 Å². The third kappa shape index (κ3) is 2.30. The summed E-state index contributed by atoms with van der Waals surface area (Å²) in [4.78, 5) is 4.66. The van der Waals surface area contributed by atoms with Gasteiger partial charge in [-0.05, 0) is 38.6 Å². The molecule has 1 unspecified atom stereocenters.